The summed E-state index contributed by atoms with van der Waals surface area (Å²) in [5, 5.41) is 8.58. The summed E-state index contributed by atoms with van der Waals surface area (Å²) < 4.78 is 28.8. The van der Waals surface area contributed by atoms with E-state index in [4.69, 9.17) is 28.9 Å². The number of benzene rings is 2. The number of piperidine rings is 1. The van der Waals surface area contributed by atoms with E-state index in [1.165, 1.54) is 12.1 Å². The van der Waals surface area contributed by atoms with E-state index in [-0.39, 0.29) is 39.5 Å². The Kier molecular flexibility index (Phi) is 9.89. The highest BCUT2D eigenvalue weighted by atomic mass is 35.5. The summed E-state index contributed by atoms with van der Waals surface area (Å²) >= 11 is 12.2. The summed E-state index contributed by atoms with van der Waals surface area (Å²) in [5.74, 6) is -1.70. The maximum atomic E-state index is 12.9. The minimum Gasteiger partial charge on any atom is -0.393 e. The first-order valence-corrected chi connectivity index (χ1v) is 13.6. The highest BCUT2D eigenvalue weighted by Gasteiger charge is 2.22. The minimum absolute atomic E-state index is 0.0507. The molecule has 3 rings (SSSR count). The molecule has 5 N–H and O–H groups in total. The van der Waals surface area contributed by atoms with Crippen molar-refractivity contribution in [2.75, 3.05) is 18.8 Å². The number of allylic oxidation sites excluding steroid dienone is 1. The topological polar surface area (TPSA) is 143 Å². The van der Waals surface area contributed by atoms with E-state index in [2.05, 4.69) is 20.3 Å². The van der Waals surface area contributed by atoms with Crippen LogP contribution in [0, 0.1) is 0 Å². The fourth-order valence-electron chi connectivity index (χ4n) is 3.50. The first-order chi connectivity index (χ1) is 17.2. The van der Waals surface area contributed by atoms with Gasteiger partial charge in [0.25, 0.3) is 21.8 Å². The van der Waals surface area contributed by atoms with Crippen molar-refractivity contribution >= 4 is 51.3 Å². The molecule has 0 saturated carbocycles. The maximum absolute atomic E-state index is 12.9. The number of hydrogen-bond acceptors (Lipinski definition) is 6. The van der Waals surface area contributed by atoms with Crippen molar-refractivity contribution in [1.29, 1.82) is 0 Å². The van der Waals surface area contributed by atoms with Crippen LogP contribution in [0.3, 0.4) is 0 Å². The molecular weight excluding hydrogens is 525 g/mol. The van der Waals surface area contributed by atoms with E-state index in [1.54, 1.807) is 18.2 Å². The van der Waals surface area contributed by atoms with Gasteiger partial charge in [-0.3, -0.25) is 9.59 Å². The molecule has 9 nitrogen and oxygen atoms in total. The third-order valence-corrected chi connectivity index (χ3v) is 7.26. The zero-order valence-electron chi connectivity index (χ0n) is 19.3. The Morgan fingerprint density at radius 3 is 2.33 bits per heavy atom. The van der Waals surface area contributed by atoms with Crippen LogP contribution in [0.4, 0.5) is 0 Å². The molecule has 1 fully saturated rings. The number of nitrogens with zero attached hydrogens (tertiary/aromatic N) is 1. The van der Waals surface area contributed by atoms with Crippen LogP contribution in [-0.4, -0.2) is 51.3 Å². The normalized spacial score (nSPS) is 15.4. The molecule has 1 aliphatic rings. The fourth-order valence-corrected chi connectivity index (χ4v) is 4.93. The van der Waals surface area contributed by atoms with E-state index in [1.807, 2.05) is 18.2 Å². The number of sulfonamides is 1. The molecule has 0 aromatic heterocycles. The zero-order valence-corrected chi connectivity index (χ0v) is 21.7. The Hall–Kier alpha value is -2.92. The summed E-state index contributed by atoms with van der Waals surface area (Å²) in [6.07, 6.45) is 2.52. The van der Waals surface area contributed by atoms with Crippen LogP contribution in [0.5, 0.6) is 0 Å². The number of halogens is 2. The quantitative estimate of drug-likeness (QED) is 0.278. The number of hydrogen-bond donors (Lipinski definition) is 4. The maximum Gasteiger partial charge on any atom is 0.269 e. The molecule has 0 spiro atoms. The van der Waals surface area contributed by atoms with Crippen molar-refractivity contribution in [3.05, 3.63) is 81.1 Å². The predicted molar refractivity (Wildman–Crippen MR) is 142 cm³/mol. The van der Waals surface area contributed by atoms with Gasteiger partial charge in [0.05, 0.1) is 33.3 Å². The van der Waals surface area contributed by atoms with Crippen molar-refractivity contribution in [3.8, 4) is 0 Å². The zero-order chi connectivity index (χ0) is 26.1. The molecular formula is C24H27Cl2N5O4S. The van der Waals surface area contributed by atoms with E-state index in [9.17, 15) is 18.0 Å². The lowest BCUT2D eigenvalue weighted by atomic mass is 10.1. The number of carbonyl (C=O) groups excluding carboxylic acids is 2. The monoisotopic (exact) mass is 551 g/mol. The van der Waals surface area contributed by atoms with E-state index >= 15 is 0 Å². The number of carbonyl (C=O) groups is 2. The Balaban J connectivity index is 1.84. The lowest BCUT2D eigenvalue weighted by Gasteiger charge is -2.24. The van der Waals surface area contributed by atoms with Crippen molar-refractivity contribution in [3.63, 3.8) is 0 Å². The number of nitrogens with two attached hydrogens (primary N) is 1. The SMILES string of the molecule is N/C(C(=O)NC1CCNCC1)=C(\C=N\S(=O)(=O)CCc1ccccc1)NC(=O)c1c(Cl)cccc1Cl. The van der Waals surface area contributed by atoms with Gasteiger partial charge in [0.1, 0.15) is 5.70 Å². The van der Waals surface area contributed by atoms with Gasteiger partial charge in [-0.15, -0.1) is 0 Å². The highest BCUT2D eigenvalue weighted by Crippen LogP contribution is 2.24. The summed E-state index contributed by atoms with van der Waals surface area (Å²) in [5.41, 5.74) is 6.16. The van der Waals surface area contributed by atoms with Gasteiger partial charge >= 0.3 is 0 Å². The fraction of sp³-hybridized carbons (Fsp3) is 0.292. The van der Waals surface area contributed by atoms with E-state index < -0.39 is 27.5 Å². The molecule has 0 aliphatic carbocycles. The molecule has 12 heteroatoms. The minimum atomic E-state index is -3.94. The van der Waals surface area contributed by atoms with Gasteiger partial charge in [-0.1, -0.05) is 59.6 Å². The van der Waals surface area contributed by atoms with Gasteiger partial charge in [-0.25, -0.2) is 8.42 Å². The second-order valence-electron chi connectivity index (χ2n) is 8.13. The molecule has 1 aliphatic heterocycles. The lowest BCUT2D eigenvalue weighted by Crippen LogP contribution is -2.45. The van der Waals surface area contributed by atoms with Gasteiger partial charge in [0.15, 0.2) is 0 Å². The highest BCUT2D eigenvalue weighted by molar-refractivity contribution is 7.90. The molecule has 0 bridgehead atoms. The second-order valence-corrected chi connectivity index (χ2v) is 10.7. The molecule has 0 atom stereocenters. The summed E-state index contributed by atoms with van der Waals surface area (Å²) in [6.45, 7) is 1.48. The van der Waals surface area contributed by atoms with Gasteiger partial charge in [-0.2, -0.15) is 4.40 Å². The van der Waals surface area contributed by atoms with Gasteiger partial charge in [0.2, 0.25) is 0 Å². The van der Waals surface area contributed by atoms with Crippen molar-refractivity contribution in [2.45, 2.75) is 25.3 Å². The average Bonchev–Trinajstić information content (AvgIpc) is 2.86. The molecule has 2 aromatic rings. The van der Waals surface area contributed by atoms with E-state index in [0.717, 1.165) is 24.9 Å². The van der Waals surface area contributed by atoms with Crippen molar-refractivity contribution in [2.24, 2.45) is 10.1 Å². The first kappa shape index (κ1) is 27.7. The van der Waals surface area contributed by atoms with Crippen LogP contribution in [0.1, 0.15) is 28.8 Å². The molecule has 36 heavy (non-hydrogen) atoms. The van der Waals surface area contributed by atoms with Crippen LogP contribution in [-0.2, 0) is 21.2 Å². The number of rotatable bonds is 9. The van der Waals surface area contributed by atoms with Crippen molar-refractivity contribution < 1.29 is 18.0 Å². The Morgan fingerprint density at radius 2 is 1.69 bits per heavy atom. The Labute approximate surface area is 220 Å². The number of amides is 2. The largest absolute Gasteiger partial charge is 0.393 e. The first-order valence-electron chi connectivity index (χ1n) is 11.2. The molecule has 192 valence electrons. The third kappa shape index (κ3) is 8.06. The second kappa shape index (κ2) is 12.9. The summed E-state index contributed by atoms with van der Waals surface area (Å²) in [4.78, 5) is 25.7. The van der Waals surface area contributed by atoms with Crippen LogP contribution in [0.2, 0.25) is 10.0 Å². The molecule has 0 radical (unpaired) electrons. The standard InChI is InChI=1S/C24H27Cl2N5O4S/c25-18-7-4-8-19(26)21(18)23(32)31-20(22(27)24(33)30-17-9-12-28-13-10-17)15-29-36(34,35)14-11-16-5-2-1-3-6-16/h1-8,15,17,28H,9-14,27H2,(H,30,33)(H,31,32)/b22-20+,29-15+. The van der Waals surface area contributed by atoms with E-state index in [0.29, 0.717) is 12.8 Å². The van der Waals surface area contributed by atoms with Crippen LogP contribution >= 0.6 is 23.2 Å². The number of aryl methyl sites for hydroxylation is 1. The van der Waals surface area contributed by atoms with Crippen LogP contribution < -0.4 is 21.7 Å². The van der Waals surface area contributed by atoms with Crippen molar-refractivity contribution in [1.82, 2.24) is 16.0 Å². The summed E-state index contributed by atoms with van der Waals surface area (Å²) in [6, 6.07) is 13.5. The van der Waals surface area contributed by atoms with Gasteiger partial charge in [0, 0.05) is 6.04 Å². The van der Waals surface area contributed by atoms with Gasteiger partial charge in [-0.05, 0) is 50.0 Å². The smallest absolute Gasteiger partial charge is 0.269 e. The lowest BCUT2D eigenvalue weighted by molar-refractivity contribution is -0.118. The molecule has 1 heterocycles. The van der Waals surface area contributed by atoms with Crippen LogP contribution in [0.25, 0.3) is 0 Å². The number of nitrogens with one attached hydrogen (secondary N) is 3. The third-order valence-electron chi connectivity index (χ3n) is 5.48. The van der Waals surface area contributed by atoms with Gasteiger partial charge < -0.3 is 21.7 Å². The molecule has 2 amide bonds. The molecule has 2 aromatic carbocycles. The predicted octanol–water partition coefficient (Wildman–Crippen LogP) is 2.41. The summed E-state index contributed by atoms with van der Waals surface area (Å²) in [7, 11) is -3.94. The molecule has 0 unspecified atom stereocenters. The average molecular weight is 552 g/mol. The molecule has 1 saturated heterocycles. The Bertz CT molecular complexity index is 1240. The Morgan fingerprint density at radius 1 is 1.06 bits per heavy atom. The van der Waals surface area contributed by atoms with Crippen LogP contribution in [0.15, 0.2) is 64.3 Å².